The van der Waals surface area contributed by atoms with Crippen molar-refractivity contribution in [3.05, 3.63) is 30.1 Å². The standard InChI is InChI=1S/C11H12N4OS/c1-8-13-11(17-14-8)15(2)10-6-4-3-5-9(10)12-7-16/h3-7H,1-2H3,(H,12,16). The van der Waals surface area contributed by atoms with Crippen LogP contribution in [0.25, 0.3) is 0 Å². The summed E-state index contributed by atoms with van der Waals surface area (Å²) in [5.41, 5.74) is 1.63. The van der Waals surface area contributed by atoms with E-state index in [9.17, 15) is 4.79 Å². The summed E-state index contributed by atoms with van der Waals surface area (Å²) in [5, 5.41) is 3.46. The Morgan fingerprint density at radius 2 is 2.18 bits per heavy atom. The molecule has 2 aromatic rings. The summed E-state index contributed by atoms with van der Waals surface area (Å²) in [5.74, 6) is 0.748. The quantitative estimate of drug-likeness (QED) is 0.843. The van der Waals surface area contributed by atoms with Gasteiger partial charge in [-0.1, -0.05) is 12.1 Å². The number of hydrogen-bond donors (Lipinski definition) is 1. The molecule has 88 valence electrons. The lowest BCUT2D eigenvalue weighted by molar-refractivity contribution is -0.105. The maximum atomic E-state index is 10.5. The highest BCUT2D eigenvalue weighted by Crippen LogP contribution is 2.30. The molecule has 0 bridgehead atoms. The average molecular weight is 248 g/mol. The SMILES string of the molecule is Cc1nsc(N(C)c2ccccc2NC=O)n1. The number of benzene rings is 1. The largest absolute Gasteiger partial charge is 0.327 e. The minimum absolute atomic E-state index is 0.665. The Hall–Kier alpha value is -1.95. The van der Waals surface area contributed by atoms with Gasteiger partial charge in [-0.25, -0.2) is 4.98 Å². The normalized spacial score (nSPS) is 10.0. The van der Waals surface area contributed by atoms with Crippen LogP contribution in [0.1, 0.15) is 5.82 Å². The molecular weight excluding hydrogens is 236 g/mol. The van der Waals surface area contributed by atoms with E-state index in [1.807, 2.05) is 43.1 Å². The van der Waals surface area contributed by atoms with Gasteiger partial charge in [0.15, 0.2) is 0 Å². The van der Waals surface area contributed by atoms with E-state index < -0.39 is 0 Å². The Labute approximate surface area is 103 Å². The third-order valence-corrected chi connectivity index (χ3v) is 3.17. The molecule has 1 amide bonds. The number of hydrogen-bond acceptors (Lipinski definition) is 5. The van der Waals surface area contributed by atoms with E-state index in [0.29, 0.717) is 6.41 Å². The molecule has 0 atom stereocenters. The molecule has 6 heteroatoms. The summed E-state index contributed by atoms with van der Waals surface area (Å²) in [6.07, 6.45) is 0.665. The van der Waals surface area contributed by atoms with E-state index in [1.165, 1.54) is 11.5 Å². The van der Waals surface area contributed by atoms with Gasteiger partial charge in [0.2, 0.25) is 11.5 Å². The fraction of sp³-hybridized carbons (Fsp3) is 0.182. The van der Waals surface area contributed by atoms with Crippen LogP contribution >= 0.6 is 11.5 Å². The molecule has 1 heterocycles. The van der Waals surface area contributed by atoms with Gasteiger partial charge in [0.1, 0.15) is 5.82 Å². The predicted molar refractivity (Wildman–Crippen MR) is 68.8 cm³/mol. The smallest absolute Gasteiger partial charge is 0.211 e. The molecule has 17 heavy (non-hydrogen) atoms. The van der Waals surface area contributed by atoms with Crippen LogP contribution in [-0.4, -0.2) is 22.8 Å². The van der Waals surface area contributed by atoms with Gasteiger partial charge in [-0.15, -0.1) is 0 Å². The van der Waals surface area contributed by atoms with Gasteiger partial charge < -0.3 is 10.2 Å². The topological polar surface area (TPSA) is 58.1 Å². The molecule has 1 aromatic heterocycles. The fourth-order valence-electron chi connectivity index (χ4n) is 1.48. The molecular formula is C11H12N4OS. The van der Waals surface area contributed by atoms with Gasteiger partial charge in [0.05, 0.1) is 11.4 Å². The Balaban J connectivity index is 2.36. The number of amides is 1. The maximum Gasteiger partial charge on any atom is 0.211 e. The summed E-state index contributed by atoms with van der Waals surface area (Å²) in [7, 11) is 1.89. The molecule has 0 radical (unpaired) electrons. The highest BCUT2D eigenvalue weighted by Gasteiger charge is 2.11. The Morgan fingerprint density at radius 3 is 2.82 bits per heavy atom. The number of nitrogens with one attached hydrogen (secondary N) is 1. The van der Waals surface area contributed by atoms with Crippen molar-refractivity contribution in [2.24, 2.45) is 0 Å². The minimum Gasteiger partial charge on any atom is -0.327 e. The Kier molecular flexibility index (Phi) is 3.34. The van der Waals surface area contributed by atoms with E-state index in [0.717, 1.165) is 22.3 Å². The van der Waals surface area contributed by atoms with Gasteiger partial charge in [-0.05, 0) is 19.1 Å². The van der Waals surface area contributed by atoms with Crippen molar-refractivity contribution < 1.29 is 4.79 Å². The van der Waals surface area contributed by atoms with Crippen LogP contribution in [0.4, 0.5) is 16.5 Å². The lowest BCUT2D eigenvalue weighted by atomic mass is 10.2. The molecule has 0 aliphatic heterocycles. The summed E-state index contributed by atoms with van der Waals surface area (Å²) in [6.45, 7) is 1.85. The van der Waals surface area contributed by atoms with Crippen LogP contribution in [0.3, 0.4) is 0 Å². The average Bonchev–Trinajstić information content (AvgIpc) is 2.76. The molecule has 0 saturated heterocycles. The zero-order valence-electron chi connectivity index (χ0n) is 9.54. The maximum absolute atomic E-state index is 10.5. The van der Waals surface area contributed by atoms with Crippen LogP contribution in [0.2, 0.25) is 0 Å². The van der Waals surface area contributed by atoms with Crippen LogP contribution < -0.4 is 10.2 Å². The number of carbonyl (C=O) groups is 1. The van der Waals surface area contributed by atoms with Crippen LogP contribution in [0, 0.1) is 6.92 Å². The highest BCUT2D eigenvalue weighted by molar-refractivity contribution is 7.09. The Bertz CT molecular complexity index is 526. The third kappa shape index (κ3) is 2.42. The predicted octanol–water partition coefficient (Wildman–Crippen LogP) is 2.18. The summed E-state index contributed by atoms with van der Waals surface area (Å²) in [4.78, 5) is 16.7. The van der Waals surface area contributed by atoms with Crippen molar-refractivity contribution in [2.45, 2.75) is 6.92 Å². The van der Waals surface area contributed by atoms with Gasteiger partial charge in [0, 0.05) is 18.6 Å². The van der Waals surface area contributed by atoms with E-state index >= 15 is 0 Å². The molecule has 0 saturated carbocycles. The molecule has 1 aromatic carbocycles. The van der Waals surface area contributed by atoms with E-state index in [2.05, 4.69) is 14.7 Å². The van der Waals surface area contributed by atoms with Gasteiger partial charge in [-0.3, -0.25) is 4.79 Å². The molecule has 1 N–H and O–H groups in total. The number of rotatable bonds is 4. The first-order valence-corrected chi connectivity index (χ1v) is 5.83. The van der Waals surface area contributed by atoms with E-state index in [1.54, 1.807) is 0 Å². The molecule has 2 rings (SSSR count). The van der Waals surface area contributed by atoms with Gasteiger partial charge >= 0.3 is 0 Å². The van der Waals surface area contributed by atoms with Crippen molar-refractivity contribution in [3.8, 4) is 0 Å². The molecule has 0 fully saturated rings. The third-order valence-electron chi connectivity index (χ3n) is 2.28. The number of aromatic nitrogens is 2. The van der Waals surface area contributed by atoms with Gasteiger partial charge in [-0.2, -0.15) is 4.37 Å². The summed E-state index contributed by atoms with van der Waals surface area (Å²) in [6, 6.07) is 7.54. The number of carbonyl (C=O) groups excluding carboxylic acids is 1. The van der Waals surface area contributed by atoms with Crippen LogP contribution in [-0.2, 0) is 4.79 Å². The van der Waals surface area contributed by atoms with Crippen molar-refractivity contribution in [3.63, 3.8) is 0 Å². The van der Waals surface area contributed by atoms with E-state index in [-0.39, 0.29) is 0 Å². The fourth-order valence-corrected chi connectivity index (χ4v) is 2.13. The number of anilines is 3. The van der Waals surface area contributed by atoms with Crippen molar-refractivity contribution in [1.82, 2.24) is 9.36 Å². The minimum atomic E-state index is 0.665. The lowest BCUT2D eigenvalue weighted by Crippen LogP contribution is -2.11. The summed E-state index contributed by atoms with van der Waals surface area (Å²) < 4.78 is 4.14. The summed E-state index contributed by atoms with van der Waals surface area (Å²) >= 11 is 1.33. The lowest BCUT2D eigenvalue weighted by Gasteiger charge is -2.18. The van der Waals surface area contributed by atoms with Crippen molar-refractivity contribution in [2.75, 3.05) is 17.3 Å². The molecule has 0 unspecified atom stereocenters. The van der Waals surface area contributed by atoms with Crippen LogP contribution in [0.15, 0.2) is 24.3 Å². The first kappa shape index (κ1) is 11.5. The zero-order chi connectivity index (χ0) is 12.3. The van der Waals surface area contributed by atoms with Crippen molar-refractivity contribution in [1.29, 1.82) is 0 Å². The number of para-hydroxylation sites is 2. The monoisotopic (exact) mass is 248 g/mol. The first-order chi connectivity index (χ1) is 8.22. The van der Waals surface area contributed by atoms with Crippen molar-refractivity contribution >= 4 is 34.4 Å². The number of nitrogens with zero attached hydrogens (tertiary/aromatic N) is 3. The highest BCUT2D eigenvalue weighted by atomic mass is 32.1. The molecule has 5 nitrogen and oxygen atoms in total. The first-order valence-electron chi connectivity index (χ1n) is 5.05. The molecule has 0 aliphatic rings. The molecule has 0 spiro atoms. The number of aryl methyl sites for hydroxylation is 1. The van der Waals surface area contributed by atoms with E-state index in [4.69, 9.17) is 0 Å². The Morgan fingerprint density at radius 1 is 1.41 bits per heavy atom. The van der Waals surface area contributed by atoms with Crippen LogP contribution in [0.5, 0.6) is 0 Å². The van der Waals surface area contributed by atoms with Gasteiger partial charge in [0.25, 0.3) is 0 Å². The second-order valence-electron chi connectivity index (χ2n) is 3.46. The zero-order valence-corrected chi connectivity index (χ0v) is 10.4. The second kappa shape index (κ2) is 4.92. The molecule has 0 aliphatic carbocycles. The second-order valence-corrected chi connectivity index (χ2v) is 4.19.